The van der Waals surface area contributed by atoms with Gasteiger partial charge in [0.1, 0.15) is 11.6 Å². The molecule has 0 unspecified atom stereocenters. The molecule has 2 amide bonds. The quantitative estimate of drug-likeness (QED) is 0.678. The summed E-state index contributed by atoms with van der Waals surface area (Å²) in [4.78, 5) is 34.6. The Morgan fingerprint density at radius 1 is 1.19 bits per heavy atom. The monoisotopic (exact) mass is 418 g/mol. The van der Waals surface area contributed by atoms with Crippen molar-refractivity contribution in [1.82, 2.24) is 14.9 Å². The van der Waals surface area contributed by atoms with Crippen LogP contribution in [0.5, 0.6) is 5.75 Å². The van der Waals surface area contributed by atoms with Crippen molar-refractivity contribution in [3.8, 4) is 5.75 Å². The van der Waals surface area contributed by atoms with Crippen LogP contribution in [0.15, 0.2) is 47.3 Å². The lowest BCUT2D eigenvalue weighted by Gasteiger charge is -2.28. The summed E-state index contributed by atoms with van der Waals surface area (Å²) in [5.74, 6) is 1.38. The minimum absolute atomic E-state index is 0.188. The summed E-state index contributed by atoms with van der Waals surface area (Å²) in [6, 6.07) is 13.3. The van der Waals surface area contributed by atoms with E-state index in [0.29, 0.717) is 30.8 Å². The van der Waals surface area contributed by atoms with Crippen molar-refractivity contribution in [2.45, 2.75) is 33.2 Å². The van der Waals surface area contributed by atoms with Crippen molar-refractivity contribution in [3.05, 3.63) is 86.6 Å². The van der Waals surface area contributed by atoms with Gasteiger partial charge in [-0.15, -0.1) is 0 Å². The van der Waals surface area contributed by atoms with E-state index >= 15 is 0 Å². The van der Waals surface area contributed by atoms with E-state index in [4.69, 9.17) is 4.74 Å². The molecule has 0 aliphatic carbocycles. The van der Waals surface area contributed by atoms with Crippen molar-refractivity contribution in [3.63, 3.8) is 0 Å². The molecular formula is C24H26N4O3. The number of hydrogen-bond acceptors (Lipinski definition) is 4. The fourth-order valence-electron chi connectivity index (χ4n) is 3.73. The summed E-state index contributed by atoms with van der Waals surface area (Å²) >= 11 is 0. The molecule has 1 aliphatic rings. The molecule has 0 atom stereocenters. The number of nitrogens with one attached hydrogen (secondary N) is 2. The Morgan fingerprint density at radius 3 is 2.81 bits per heavy atom. The number of carbonyl (C=O) groups excluding carboxylic acids is 1. The highest BCUT2D eigenvalue weighted by Gasteiger charge is 2.24. The predicted octanol–water partition coefficient (Wildman–Crippen LogP) is 3.58. The number of aryl methyl sites for hydroxylation is 2. The average molecular weight is 418 g/mol. The van der Waals surface area contributed by atoms with Crippen LogP contribution in [-0.4, -0.2) is 34.6 Å². The number of aromatic nitrogens is 2. The lowest BCUT2D eigenvalue weighted by Crippen LogP contribution is -2.42. The largest absolute Gasteiger partial charge is 0.497 e. The van der Waals surface area contributed by atoms with E-state index in [-0.39, 0.29) is 18.1 Å². The predicted molar refractivity (Wildman–Crippen MR) is 120 cm³/mol. The van der Waals surface area contributed by atoms with Crippen LogP contribution in [0.4, 0.5) is 10.5 Å². The third-order valence-electron chi connectivity index (χ3n) is 5.67. The number of H-pyrrole nitrogens is 1. The second kappa shape index (κ2) is 8.63. The summed E-state index contributed by atoms with van der Waals surface area (Å²) in [5, 5.41) is 2.93. The zero-order valence-electron chi connectivity index (χ0n) is 18.0. The van der Waals surface area contributed by atoms with Gasteiger partial charge in [0.05, 0.1) is 24.9 Å². The standard InChI is InChI=1S/C24H26N4O3/c1-15-7-8-18(11-16(15)2)25-24(30)28-10-9-21-20(14-28)23(29)27-22(26-21)13-17-5-4-6-19(12-17)31-3/h4-8,11-12H,9-10,13-14H2,1-3H3,(H,25,30)(H,26,27,29). The van der Waals surface area contributed by atoms with Gasteiger partial charge in [0.25, 0.3) is 5.56 Å². The second-order valence-corrected chi connectivity index (χ2v) is 7.87. The zero-order valence-corrected chi connectivity index (χ0v) is 18.0. The fourth-order valence-corrected chi connectivity index (χ4v) is 3.73. The van der Waals surface area contributed by atoms with Gasteiger partial charge < -0.3 is 19.9 Å². The van der Waals surface area contributed by atoms with Gasteiger partial charge in [0.15, 0.2) is 0 Å². The Balaban J connectivity index is 1.48. The molecule has 0 saturated carbocycles. The Kier molecular flexibility index (Phi) is 5.75. The van der Waals surface area contributed by atoms with E-state index in [9.17, 15) is 9.59 Å². The van der Waals surface area contributed by atoms with Crippen LogP contribution >= 0.6 is 0 Å². The van der Waals surface area contributed by atoms with Gasteiger partial charge in [-0.2, -0.15) is 0 Å². The fraction of sp³-hybridized carbons (Fsp3) is 0.292. The molecule has 2 N–H and O–H groups in total. The molecule has 0 saturated heterocycles. The van der Waals surface area contributed by atoms with E-state index in [2.05, 4.69) is 15.3 Å². The van der Waals surface area contributed by atoms with E-state index in [1.165, 1.54) is 5.56 Å². The van der Waals surface area contributed by atoms with E-state index in [0.717, 1.165) is 28.3 Å². The van der Waals surface area contributed by atoms with Crippen molar-refractivity contribution in [2.75, 3.05) is 19.0 Å². The van der Waals surface area contributed by atoms with Gasteiger partial charge in [-0.1, -0.05) is 18.2 Å². The number of anilines is 1. The van der Waals surface area contributed by atoms with Crippen molar-refractivity contribution >= 4 is 11.7 Å². The summed E-state index contributed by atoms with van der Waals surface area (Å²) in [6.07, 6.45) is 1.06. The van der Waals surface area contributed by atoms with Gasteiger partial charge in [-0.05, 0) is 54.8 Å². The maximum absolute atomic E-state index is 12.7. The molecule has 2 heterocycles. The van der Waals surface area contributed by atoms with Gasteiger partial charge in [0, 0.05) is 25.1 Å². The molecule has 0 bridgehead atoms. The van der Waals surface area contributed by atoms with Crippen LogP contribution in [-0.2, 0) is 19.4 Å². The first-order chi connectivity index (χ1) is 14.9. The molecule has 7 heteroatoms. The molecule has 0 radical (unpaired) electrons. The number of ether oxygens (including phenoxy) is 1. The van der Waals surface area contributed by atoms with Crippen molar-refractivity contribution in [2.24, 2.45) is 0 Å². The number of amides is 2. The molecule has 3 aromatic rings. The molecule has 7 nitrogen and oxygen atoms in total. The lowest BCUT2D eigenvalue weighted by molar-refractivity contribution is 0.205. The Labute approximate surface area is 181 Å². The van der Waals surface area contributed by atoms with Crippen LogP contribution < -0.4 is 15.6 Å². The Hall–Kier alpha value is -3.61. The number of carbonyl (C=O) groups is 1. The third kappa shape index (κ3) is 4.60. The molecule has 160 valence electrons. The first-order valence-electron chi connectivity index (χ1n) is 10.3. The van der Waals surface area contributed by atoms with Crippen molar-refractivity contribution in [1.29, 1.82) is 0 Å². The highest BCUT2D eigenvalue weighted by atomic mass is 16.5. The van der Waals surface area contributed by atoms with E-state index in [1.54, 1.807) is 12.0 Å². The van der Waals surface area contributed by atoms with Crippen LogP contribution in [0, 0.1) is 13.8 Å². The first kappa shape index (κ1) is 20.7. The first-order valence-corrected chi connectivity index (χ1v) is 10.3. The van der Waals surface area contributed by atoms with Crippen LogP contribution in [0.25, 0.3) is 0 Å². The van der Waals surface area contributed by atoms with Gasteiger partial charge in [-0.25, -0.2) is 9.78 Å². The number of aromatic amines is 1. The minimum atomic E-state index is -0.214. The summed E-state index contributed by atoms with van der Waals surface area (Å²) < 4.78 is 5.26. The van der Waals surface area contributed by atoms with Crippen LogP contribution in [0.3, 0.4) is 0 Å². The molecular weight excluding hydrogens is 392 g/mol. The molecule has 31 heavy (non-hydrogen) atoms. The van der Waals surface area contributed by atoms with Crippen LogP contribution in [0.2, 0.25) is 0 Å². The van der Waals surface area contributed by atoms with Gasteiger partial charge in [0.2, 0.25) is 0 Å². The molecule has 2 aromatic carbocycles. The topological polar surface area (TPSA) is 87.3 Å². The number of nitrogens with zero attached hydrogens (tertiary/aromatic N) is 2. The zero-order chi connectivity index (χ0) is 22.0. The van der Waals surface area contributed by atoms with Crippen molar-refractivity contribution < 1.29 is 9.53 Å². The Morgan fingerprint density at radius 2 is 2.03 bits per heavy atom. The summed E-state index contributed by atoms with van der Waals surface area (Å²) in [5.41, 5.74) is 5.17. The second-order valence-electron chi connectivity index (χ2n) is 7.87. The maximum atomic E-state index is 12.7. The van der Waals surface area contributed by atoms with E-state index in [1.807, 2.05) is 56.3 Å². The smallest absolute Gasteiger partial charge is 0.322 e. The molecule has 0 spiro atoms. The summed E-state index contributed by atoms with van der Waals surface area (Å²) in [6.45, 7) is 4.80. The lowest BCUT2D eigenvalue weighted by atomic mass is 10.1. The highest BCUT2D eigenvalue weighted by Crippen LogP contribution is 2.19. The third-order valence-corrected chi connectivity index (χ3v) is 5.67. The number of benzene rings is 2. The SMILES string of the molecule is COc1cccc(Cc2nc3c(c(=O)[nH]2)CN(C(=O)Nc2ccc(C)c(C)c2)CC3)c1. The normalized spacial score (nSPS) is 12.9. The number of fused-ring (bicyclic) bond motifs is 1. The molecule has 0 fully saturated rings. The van der Waals surface area contributed by atoms with Gasteiger partial charge in [-0.3, -0.25) is 4.79 Å². The molecule has 1 aromatic heterocycles. The number of rotatable bonds is 4. The molecule has 4 rings (SSSR count). The number of hydrogen-bond donors (Lipinski definition) is 2. The number of urea groups is 1. The minimum Gasteiger partial charge on any atom is -0.497 e. The number of methoxy groups -OCH3 is 1. The Bertz CT molecular complexity index is 1190. The van der Waals surface area contributed by atoms with E-state index < -0.39 is 0 Å². The average Bonchev–Trinajstić information content (AvgIpc) is 2.76. The van der Waals surface area contributed by atoms with Gasteiger partial charge >= 0.3 is 6.03 Å². The van der Waals surface area contributed by atoms with Crippen LogP contribution in [0.1, 0.15) is 33.8 Å². The summed E-state index contributed by atoms with van der Waals surface area (Å²) in [7, 11) is 1.63. The maximum Gasteiger partial charge on any atom is 0.322 e. The molecule has 1 aliphatic heterocycles. The highest BCUT2D eigenvalue weighted by molar-refractivity contribution is 5.89.